The number of hydroxylamine groups is 4. The van der Waals surface area contributed by atoms with Gasteiger partial charge in [-0.3, -0.25) is 14.4 Å². The average Bonchev–Trinajstić information content (AvgIpc) is 3.09. The molecule has 2 amide bonds. The van der Waals surface area contributed by atoms with Crippen LogP contribution in [0.25, 0.3) is 0 Å². The molecule has 0 bridgehead atoms. The van der Waals surface area contributed by atoms with Crippen molar-refractivity contribution in [1.82, 2.24) is 21.9 Å². The van der Waals surface area contributed by atoms with Gasteiger partial charge in [0.05, 0.1) is 6.42 Å². The highest BCUT2D eigenvalue weighted by molar-refractivity contribution is 5.85. The second-order valence-corrected chi connectivity index (χ2v) is 14.1. The molecule has 17 nitrogen and oxygen atoms in total. The Kier molecular flexibility index (Phi) is 29.0. The summed E-state index contributed by atoms with van der Waals surface area (Å²) in [6.07, 6.45) is 16.2. The largest absolute Gasteiger partial charge is 0.370 e. The van der Waals surface area contributed by atoms with Crippen molar-refractivity contribution in [3.63, 3.8) is 0 Å². The lowest BCUT2D eigenvalue weighted by Crippen LogP contribution is -2.52. The predicted molar refractivity (Wildman–Crippen MR) is 198 cm³/mol. The highest BCUT2D eigenvalue weighted by Crippen LogP contribution is 2.13. The minimum atomic E-state index is -1.45. The molecule has 0 radical (unpaired) electrons. The molecule has 0 saturated heterocycles. The summed E-state index contributed by atoms with van der Waals surface area (Å²) in [4.78, 5) is 94.4. The number of nitrogens with one attached hydrogen (secondary N) is 4. The van der Waals surface area contributed by atoms with Crippen LogP contribution < -0.4 is 39.1 Å². The second kappa shape index (κ2) is 31.0. The fourth-order valence-corrected chi connectivity index (χ4v) is 5.08. The normalized spacial score (nSPS) is 13.6. The Bertz CT molecular complexity index is 1060. The molecule has 0 saturated carbocycles. The maximum atomic E-state index is 12.9. The summed E-state index contributed by atoms with van der Waals surface area (Å²) in [6, 6.07) is -4.78. The molecule has 0 aromatic carbocycles. The molecule has 0 aromatic rings. The van der Waals surface area contributed by atoms with E-state index in [4.69, 9.17) is 36.6 Å². The van der Waals surface area contributed by atoms with Crippen molar-refractivity contribution >= 4 is 35.7 Å². The fourth-order valence-electron chi connectivity index (χ4n) is 5.08. The first-order chi connectivity index (χ1) is 25.2. The van der Waals surface area contributed by atoms with Gasteiger partial charge in [0, 0.05) is 6.42 Å². The quantitative estimate of drug-likeness (QED) is 0.0282. The highest BCUT2D eigenvalue weighted by Gasteiger charge is 2.32. The van der Waals surface area contributed by atoms with Crippen LogP contribution in [0.3, 0.4) is 0 Å². The fraction of sp³-hybridized carbons (Fsp3) is 0.833. The van der Waals surface area contributed by atoms with Crippen LogP contribution in [-0.2, 0) is 48.1 Å². The van der Waals surface area contributed by atoms with E-state index >= 15 is 0 Å². The molecule has 308 valence electrons. The molecule has 0 unspecified atom stereocenters. The first-order valence-corrected chi connectivity index (χ1v) is 19.4. The second-order valence-electron chi connectivity index (χ2n) is 14.1. The summed E-state index contributed by atoms with van der Waals surface area (Å²) in [7, 11) is 0. The number of unbranched alkanes of at least 4 members (excludes halogenated alkanes) is 13. The van der Waals surface area contributed by atoms with Crippen LogP contribution in [0.5, 0.6) is 0 Å². The van der Waals surface area contributed by atoms with Crippen LogP contribution in [0, 0.1) is 11.8 Å². The lowest BCUT2D eigenvalue weighted by Gasteiger charge is -2.24. The van der Waals surface area contributed by atoms with Crippen molar-refractivity contribution in [1.29, 1.82) is 0 Å². The Morgan fingerprint density at radius 2 is 0.962 bits per heavy atom. The molecular formula is C36H69N7O10. The van der Waals surface area contributed by atoms with Crippen LogP contribution in [0.4, 0.5) is 0 Å². The summed E-state index contributed by atoms with van der Waals surface area (Å²) in [5.74, 6) is -6.01. The van der Waals surface area contributed by atoms with Crippen LogP contribution >= 0.6 is 0 Å². The molecule has 0 heterocycles. The third-order valence-electron chi connectivity index (χ3n) is 8.50. The number of rotatable bonds is 34. The van der Waals surface area contributed by atoms with E-state index in [1.807, 2.05) is 0 Å². The Labute approximate surface area is 315 Å². The van der Waals surface area contributed by atoms with Crippen molar-refractivity contribution in [3.8, 4) is 0 Å². The molecular weight excluding hydrogens is 690 g/mol. The van der Waals surface area contributed by atoms with Crippen LogP contribution in [0.1, 0.15) is 150 Å². The van der Waals surface area contributed by atoms with Crippen molar-refractivity contribution in [2.24, 2.45) is 29.0 Å². The van der Waals surface area contributed by atoms with Gasteiger partial charge in [-0.2, -0.15) is 0 Å². The molecule has 0 aliphatic rings. The minimum Gasteiger partial charge on any atom is -0.370 e. The molecule has 0 aromatic heterocycles. The predicted octanol–water partition coefficient (Wildman–Crippen LogP) is 2.94. The van der Waals surface area contributed by atoms with Crippen molar-refractivity contribution < 1.29 is 48.1 Å². The van der Waals surface area contributed by atoms with Gasteiger partial charge in [-0.05, 0) is 44.1 Å². The van der Waals surface area contributed by atoms with Gasteiger partial charge in [-0.15, -0.1) is 21.9 Å². The summed E-state index contributed by atoms with van der Waals surface area (Å²) in [6.45, 7) is 9.25. The van der Waals surface area contributed by atoms with Gasteiger partial charge in [0.25, 0.3) is 0 Å². The number of hydrogen-bond donors (Lipinski definition) is 7. The molecule has 0 aliphatic carbocycles. The molecule has 0 fully saturated rings. The van der Waals surface area contributed by atoms with E-state index < -0.39 is 78.1 Å². The lowest BCUT2D eigenvalue weighted by molar-refractivity contribution is -0.175. The first-order valence-electron chi connectivity index (χ1n) is 19.4. The van der Waals surface area contributed by atoms with E-state index in [1.54, 1.807) is 27.7 Å². The molecule has 53 heavy (non-hydrogen) atoms. The minimum absolute atomic E-state index is 0.122. The third kappa shape index (κ3) is 25.3. The summed E-state index contributed by atoms with van der Waals surface area (Å²) in [5.41, 5.74) is 25.4. The summed E-state index contributed by atoms with van der Waals surface area (Å²) < 4.78 is 0. The number of hydrogen-bond acceptors (Lipinski definition) is 15. The Balaban J connectivity index is 4.78. The number of nitrogens with two attached hydrogens (primary N) is 3. The third-order valence-corrected chi connectivity index (χ3v) is 8.50. The standard InChI is InChI=1S/C36H69N7O10/c1-6-7-8-9-10-11-12-13-14-15-16-17-18-22-30(45)50-41-28(24-29(38)44)34(47)51-42-32(26(4)5)36(49)53-43-31(25(2)3)35(48)52-40-27(33(39)46)21-19-20-23-37/h25-28,31-32,40-43H,6-24,37H2,1-5H3,(H2,38,44)(H2,39,46)/t27-,28-,31-,32-/m0/s1. The zero-order chi connectivity index (χ0) is 40.0. The van der Waals surface area contributed by atoms with Crippen LogP contribution in [0.15, 0.2) is 0 Å². The van der Waals surface area contributed by atoms with Crippen molar-refractivity contribution in [2.45, 2.75) is 174 Å². The Morgan fingerprint density at radius 3 is 1.40 bits per heavy atom. The van der Waals surface area contributed by atoms with Gasteiger partial charge in [-0.25, -0.2) is 14.4 Å². The maximum Gasteiger partial charge on any atom is 0.345 e. The zero-order valence-corrected chi connectivity index (χ0v) is 32.7. The van der Waals surface area contributed by atoms with E-state index in [1.165, 1.54) is 57.8 Å². The molecule has 4 atom stereocenters. The van der Waals surface area contributed by atoms with Gasteiger partial charge in [0.1, 0.15) is 18.1 Å². The summed E-state index contributed by atoms with van der Waals surface area (Å²) in [5, 5.41) is 0. The van der Waals surface area contributed by atoms with Gasteiger partial charge >= 0.3 is 23.9 Å². The first kappa shape index (κ1) is 49.6. The molecule has 17 heteroatoms. The number of carbonyl (C=O) groups is 6. The van der Waals surface area contributed by atoms with E-state index in [9.17, 15) is 28.8 Å². The number of carbonyl (C=O) groups excluding carboxylic acids is 6. The monoisotopic (exact) mass is 760 g/mol. The molecule has 0 aliphatic heterocycles. The van der Waals surface area contributed by atoms with Crippen LogP contribution in [0.2, 0.25) is 0 Å². The smallest absolute Gasteiger partial charge is 0.345 e. The van der Waals surface area contributed by atoms with E-state index in [0.29, 0.717) is 32.2 Å². The Morgan fingerprint density at radius 1 is 0.528 bits per heavy atom. The van der Waals surface area contributed by atoms with Gasteiger partial charge in [-0.1, -0.05) is 112 Å². The van der Waals surface area contributed by atoms with E-state index in [0.717, 1.165) is 19.3 Å². The van der Waals surface area contributed by atoms with Gasteiger partial charge < -0.3 is 36.6 Å². The SMILES string of the molecule is CCCCCCCCCCCCCCCC(=O)ON[C@@H](CC(N)=O)C(=O)ON[C@H](C(=O)ON[C@H](C(=O)ON[C@@H](CCCCN)C(N)=O)C(C)C)C(C)C. The molecule has 0 spiro atoms. The average molecular weight is 760 g/mol. The lowest BCUT2D eigenvalue weighted by atomic mass is 10.0. The molecule has 10 N–H and O–H groups in total. The van der Waals surface area contributed by atoms with Gasteiger partial charge in [0.2, 0.25) is 11.8 Å². The van der Waals surface area contributed by atoms with E-state index in [2.05, 4.69) is 28.8 Å². The Hall–Kier alpha value is -3.38. The molecule has 0 rings (SSSR count). The highest BCUT2D eigenvalue weighted by atomic mass is 16.7. The van der Waals surface area contributed by atoms with Gasteiger partial charge in [0.15, 0.2) is 6.04 Å². The topological polar surface area (TPSA) is 266 Å². The zero-order valence-electron chi connectivity index (χ0n) is 32.7. The van der Waals surface area contributed by atoms with Crippen LogP contribution in [-0.4, -0.2) is 66.4 Å². The number of amides is 2. The maximum absolute atomic E-state index is 12.9. The summed E-state index contributed by atoms with van der Waals surface area (Å²) >= 11 is 0. The van der Waals surface area contributed by atoms with Crippen molar-refractivity contribution in [2.75, 3.05) is 6.54 Å². The van der Waals surface area contributed by atoms with Crippen molar-refractivity contribution in [3.05, 3.63) is 0 Å². The van der Waals surface area contributed by atoms with E-state index in [-0.39, 0.29) is 6.42 Å². The number of primary amides is 2.